The van der Waals surface area contributed by atoms with Crippen molar-refractivity contribution in [1.29, 1.82) is 0 Å². The number of rotatable bonds is 7. The molecule has 4 aromatic heterocycles. The van der Waals surface area contributed by atoms with Gasteiger partial charge in [-0.25, -0.2) is 27.5 Å². The molecule has 0 bridgehead atoms. The second-order valence-electron chi connectivity index (χ2n) is 7.68. The summed E-state index contributed by atoms with van der Waals surface area (Å²) in [6, 6.07) is 5.21. The molecule has 1 aromatic carbocycles. The number of hydrogen-bond donors (Lipinski definition) is 2. The topological polar surface area (TPSA) is 84.6 Å². The minimum Gasteiger partial charge on any atom is -0.469 e. The first-order valence-electron chi connectivity index (χ1n) is 10.4. The van der Waals surface area contributed by atoms with Gasteiger partial charge in [-0.15, -0.1) is 0 Å². The summed E-state index contributed by atoms with van der Waals surface area (Å²) in [5.74, 6) is -4.47. The molecule has 174 valence electrons. The third-order valence-corrected chi connectivity index (χ3v) is 5.43. The Hall–Kier alpha value is -4.15. The van der Waals surface area contributed by atoms with Crippen molar-refractivity contribution in [2.75, 3.05) is 5.32 Å². The number of fused-ring (bicyclic) bond motifs is 1. The van der Waals surface area contributed by atoms with E-state index in [0.29, 0.717) is 35.5 Å². The fraction of sp³-hybridized carbons (Fsp3) is 0.174. The van der Waals surface area contributed by atoms with Crippen molar-refractivity contribution in [3.63, 3.8) is 0 Å². The quantitative estimate of drug-likeness (QED) is 0.261. The number of pyridine rings is 1. The average Bonchev–Trinajstić information content (AvgIpc) is 3.58. The zero-order valence-electron chi connectivity index (χ0n) is 17.9. The Morgan fingerprint density at radius 1 is 1.06 bits per heavy atom. The van der Waals surface area contributed by atoms with E-state index >= 15 is 0 Å². The van der Waals surface area contributed by atoms with E-state index in [1.165, 1.54) is 24.1 Å². The van der Waals surface area contributed by atoms with Crippen LogP contribution in [-0.2, 0) is 26.4 Å². The van der Waals surface area contributed by atoms with Crippen molar-refractivity contribution in [3.05, 3.63) is 83.5 Å². The van der Waals surface area contributed by atoms with Gasteiger partial charge in [-0.3, -0.25) is 4.68 Å². The first-order chi connectivity index (χ1) is 16.4. The van der Waals surface area contributed by atoms with Crippen LogP contribution in [0.1, 0.15) is 17.1 Å². The van der Waals surface area contributed by atoms with Crippen LogP contribution in [0.15, 0.2) is 47.5 Å². The van der Waals surface area contributed by atoms with Crippen LogP contribution in [-0.4, -0.2) is 24.7 Å². The van der Waals surface area contributed by atoms with E-state index in [-0.39, 0.29) is 5.56 Å². The number of furan rings is 1. The van der Waals surface area contributed by atoms with Gasteiger partial charge >= 0.3 is 0 Å². The number of hydrogen-bond acceptors (Lipinski definition) is 5. The Labute approximate surface area is 190 Å². The van der Waals surface area contributed by atoms with E-state index in [2.05, 4.69) is 25.4 Å². The maximum Gasteiger partial charge on any atom is 0.170 e. The van der Waals surface area contributed by atoms with Crippen molar-refractivity contribution < 1.29 is 22.0 Å². The van der Waals surface area contributed by atoms with E-state index in [4.69, 9.17) is 4.42 Å². The highest BCUT2D eigenvalue weighted by Crippen LogP contribution is 2.32. The molecule has 5 aromatic rings. The molecule has 34 heavy (non-hydrogen) atoms. The molecule has 2 N–H and O–H groups in total. The summed E-state index contributed by atoms with van der Waals surface area (Å²) < 4.78 is 65.5. The predicted octanol–water partition coefficient (Wildman–Crippen LogP) is 4.91. The van der Waals surface area contributed by atoms with E-state index in [0.717, 1.165) is 12.0 Å². The fourth-order valence-corrected chi connectivity index (χ4v) is 3.74. The molecule has 0 aliphatic rings. The molecule has 7 nitrogen and oxygen atoms in total. The first-order valence-corrected chi connectivity index (χ1v) is 10.4. The van der Waals surface area contributed by atoms with Crippen molar-refractivity contribution in [2.24, 2.45) is 7.05 Å². The second kappa shape index (κ2) is 8.65. The maximum atomic E-state index is 14.8. The minimum absolute atomic E-state index is 0.0655. The van der Waals surface area contributed by atoms with E-state index in [1.807, 2.05) is 6.07 Å². The molecule has 0 aliphatic carbocycles. The van der Waals surface area contributed by atoms with Crippen LogP contribution in [0.2, 0.25) is 0 Å². The van der Waals surface area contributed by atoms with Gasteiger partial charge in [0, 0.05) is 50.0 Å². The Kier molecular flexibility index (Phi) is 5.52. The van der Waals surface area contributed by atoms with Gasteiger partial charge in [-0.05, 0) is 18.2 Å². The summed E-state index contributed by atoms with van der Waals surface area (Å²) in [6.07, 6.45) is 6.65. The molecule has 0 aliphatic heterocycles. The SMILES string of the molecule is Cn1cc(-c2c(F)c(F)c(CNc3ccnc4[nH]c(CCc5ccco5)nc34)c(F)c2F)cn1. The largest absolute Gasteiger partial charge is 0.469 e. The first kappa shape index (κ1) is 21.7. The summed E-state index contributed by atoms with van der Waals surface area (Å²) in [4.78, 5) is 11.8. The molecule has 0 spiro atoms. The predicted molar refractivity (Wildman–Crippen MR) is 116 cm³/mol. The van der Waals surface area contributed by atoms with Crippen LogP contribution in [0.4, 0.5) is 23.2 Å². The van der Waals surface area contributed by atoms with Gasteiger partial charge in [0.25, 0.3) is 0 Å². The van der Waals surface area contributed by atoms with Gasteiger partial charge in [0.15, 0.2) is 28.9 Å². The highest BCUT2D eigenvalue weighted by molar-refractivity contribution is 5.85. The van der Waals surface area contributed by atoms with E-state index in [1.54, 1.807) is 18.4 Å². The normalized spacial score (nSPS) is 11.4. The lowest BCUT2D eigenvalue weighted by atomic mass is 10.0. The van der Waals surface area contributed by atoms with Crippen molar-refractivity contribution in [1.82, 2.24) is 24.7 Å². The Balaban J connectivity index is 1.41. The van der Waals surface area contributed by atoms with Gasteiger partial charge in [-0.1, -0.05) is 0 Å². The average molecular weight is 470 g/mol. The molecule has 0 atom stereocenters. The number of aromatic amines is 1. The van der Waals surface area contributed by atoms with Gasteiger partial charge in [0.2, 0.25) is 0 Å². The summed E-state index contributed by atoms with van der Waals surface area (Å²) in [6.45, 7) is -0.507. The number of nitrogens with zero attached hydrogens (tertiary/aromatic N) is 4. The summed E-state index contributed by atoms with van der Waals surface area (Å²) in [5.41, 5.74) is -0.325. The molecule has 0 unspecified atom stereocenters. The maximum absolute atomic E-state index is 14.8. The molecule has 0 fully saturated rings. The zero-order valence-corrected chi connectivity index (χ0v) is 17.9. The van der Waals surface area contributed by atoms with Crippen molar-refractivity contribution in [3.8, 4) is 11.1 Å². The lowest BCUT2D eigenvalue weighted by molar-refractivity contribution is 0.445. The fourth-order valence-electron chi connectivity index (χ4n) is 3.74. The number of anilines is 1. The van der Waals surface area contributed by atoms with Gasteiger partial charge in [0.1, 0.15) is 17.1 Å². The van der Waals surface area contributed by atoms with Crippen molar-refractivity contribution in [2.45, 2.75) is 19.4 Å². The van der Waals surface area contributed by atoms with Crippen LogP contribution >= 0.6 is 0 Å². The number of aryl methyl sites for hydroxylation is 3. The smallest absolute Gasteiger partial charge is 0.170 e. The number of nitrogens with one attached hydrogen (secondary N) is 2. The lowest BCUT2D eigenvalue weighted by Gasteiger charge is -2.13. The molecule has 0 radical (unpaired) electrons. The Morgan fingerprint density at radius 2 is 1.85 bits per heavy atom. The van der Waals surface area contributed by atoms with Crippen molar-refractivity contribution >= 4 is 16.9 Å². The second-order valence-corrected chi connectivity index (χ2v) is 7.68. The number of imidazole rings is 1. The molecule has 11 heteroatoms. The third kappa shape index (κ3) is 3.89. The molecule has 4 heterocycles. The molecule has 0 amide bonds. The monoisotopic (exact) mass is 470 g/mol. The van der Waals surface area contributed by atoms with Crippen LogP contribution in [0, 0.1) is 23.3 Å². The molecular formula is C23H18F4N6O. The highest BCUT2D eigenvalue weighted by Gasteiger charge is 2.27. The summed E-state index contributed by atoms with van der Waals surface area (Å²) in [5, 5.41) is 6.61. The van der Waals surface area contributed by atoms with Crippen LogP contribution in [0.5, 0.6) is 0 Å². The number of aromatic nitrogens is 5. The van der Waals surface area contributed by atoms with E-state index in [9.17, 15) is 17.6 Å². The highest BCUT2D eigenvalue weighted by atomic mass is 19.2. The Bertz CT molecular complexity index is 1450. The molecular weight excluding hydrogens is 452 g/mol. The molecule has 0 saturated carbocycles. The molecule has 0 saturated heterocycles. The minimum atomic E-state index is -1.48. The number of halogens is 4. The Morgan fingerprint density at radius 3 is 2.53 bits per heavy atom. The lowest BCUT2D eigenvalue weighted by Crippen LogP contribution is -2.10. The van der Waals surface area contributed by atoms with Crippen LogP contribution in [0.25, 0.3) is 22.3 Å². The number of H-pyrrole nitrogens is 1. The number of benzene rings is 1. The molecule has 5 rings (SSSR count). The van der Waals surface area contributed by atoms with Gasteiger partial charge < -0.3 is 14.7 Å². The van der Waals surface area contributed by atoms with Gasteiger partial charge in [-0.2, -0.15) is 5.10 Å². The zero-order chi connectivity index (χ0) is 23.8. The van der Waals surface area contributed by atoms with Gasteiger partial charge in [0.05, 0.1) is 23.7 Å². The standard InChI is InChI=1S/C23H18F4N6O/c1-33-11-12(9-30-33)17-20(26)18(24)14(19(25)21(17)27)10-29-15-6-7-28-23-22(15)31-16(32-23)5-4-13-3-2-8-34-13/h2-3,6-9,11H,4-5,10H2,1H3,(H2,28,29,31,32). The third-order valence-electron chi connectivity index (χ3n) is 5.43. The van der Waals surface area contributed by atoms with E-state index < -0.39 is 40.9 Å². The van der Waals surface area contributed by atoms with Crippen LogP contribution < -0.4 is 5.32 Å². The summed E-state index contributed by atoms with van der Waals surface area (Å²) in [7, 11) is 1.53. The summed E-state index contributed by atoms with van der Waals surface area (Å²) >= 11 is 0. The van der Waals surface area contributed by atoms with Crippen LogP contribution in [0.3, 0.4) is 0 Å².